The third-order valence-corrected chi connectivity index (χ3v) is 5.36. The van der Waals surface area contributed by atoms with Gasteiger partial charge < -0.3 is 19.9 Å². The lowest BCUT2D eigenvalue weighted by molar-refractivity contribution is 0.0603. The van der Waals surface area contributed by atoms with Crippen LogP contribution >= 0.6 is 0 Å². The van der Waals surface area contributed by atoms with Crippen molar-refractivity contribution in [3.05, 3.63) is 65.7 Å². The summed E-state index contributed by atoms with van der Waals surface area (Å²) >= 11 is 0. The Kier molecular flexibility index (Phi) is 4.66. The van der Waals surface area contributed by atoms with Gasteiger partial charge in [0.25, 0.3) is 0 Å². The number of aromatic nitrogens is 2. The third kappa shape index (κ3) is 3.28. The van der Waals surface area contributed by atoms with Gasteiger partial charge in [-0.05, 0) is 55.0 Å². The number of hydrogen-bond donors (Lipinski definition) is 2. The van der Waals surface area contributed by atoms with Crippen molar-refractivity contribution in [3.8, 4) is 11.6 Å². The molecule has 0 saturated heterocycles. The van der Waals surface area contributed by atoms with E-state index in [2.05, 4.69) is 15.0 Å². The molecule has 0 aliphatic carbocycles. The first-order chi connectivity index (χ1) is 15.4. The Morgan fingerprint density at radius 2 is 1.88 bits per heavy atom. The smallest absolute Gasteiger partial charge is 0.338 e. The summed E-state index contributed by atoms with van der Waals surface area (Å²) in [5.41, 5.74) is 9.63. The minimum absolute atomic E-state index is 0.114. The fraction of sp³-hybridized carbons (Fsp3) is 0.160. The maximum atomic E-state index is 12.3. The number of H-pyrrole nitrogens is 1. The van der Waals surface area contributed by atoms with Gasteiger partial charge in [0.15, 0.2) is 11.6 Å². The van der Waals surface area contributed by atoms with Crippen LogP contribution in [0.5, 0.6) is 0 Å². The van der Waals surface area contributed by atoms with Gasteiger partial charge in [-0.15, -0.1) is 0 Å². The zero-order chi connectivity index (χ0) is 22.4. The molecule has 0 atom stereocenters. The molecule has 7 nitrogen and oxygen atoms in total. The predicted octanol–water partition coefficient (Wildman–Crippen LogP) is 5.03. The van der Waals surface area contributed by atoms with Crippen molar-refractivity contribution in [1.29, 1.82) is 0 Å². The van der Waals surface area contributed by atoms with E-state index in [1.54, 1.807) is 6.07 Å². The summed E-state index contributed by atoms with van der Waals surface area (Å²) in [5.74, 6) is 1.26. The van der Waals surface area contributed by atoms with Gasteiger partial charge in [-0.1, -0.05) is 24.3 Å². The number of benzene rings is 3. The molecule has 0 aliphatic heterocycles. The van der Waals surface area contributed by atoms with E-state index in [0.29, 0.717) is 28.6 Å². The van der Waals surface area contributed by atoms with Crippen molar-refractivity contribution in [2.45, 2.75) is 19.9 Å². The monoisotopic (exact) mass is 426 g/mol. The van der Waals surface area contributed by atoms with Gasteiger partial charge in [0.1, 0.15) is 11.4 Å². The Morgan fingerprint density at radius 3 is 2.62 bits per heavy atom. The number of ether oxygens (including phenoxy) is 1. The first kappa shape index (κ1) is 19.8. The lowest BCUT2D eigenvalue weighted by Crippen LogP contribution is -2.15. The Labute approximate surface area is 183 Å². The molecule has 5 aromatic rings. The Morgan fingerprint density at radius 1 is 1.09 bits per heavy atom. The number of amidine groups is 1. The normalized spacial score (nSPS) is 12.3. The van der Waals surface area contributed by atoms with E-state index in [-0.39, 0.29) is 6.04 Å². The number of nitrogens with two attached hydrogens (primary N) is 1. The van der Waals surface area contributed by atoms with Crippen molar-refractivity contribution >= 4 is 44.6 Å². The van der Waals surface area contributed by atoms with Gasteiger partial charge in [-0.2, -0.15) is 0 Å². The van der Waals surface area contributed by atoms with Crippen LogP contribution in [0, 0.1) is 0 Å². The molecule has 5 rings (SSSR count). The molecule has 160 valence electrons. The van der Waals surface area contributed by atoms with E-state index in [1.807, 2.05) is 62.4 Å². The molecule has 0 aliphatic rings. The number of aliphatic imine (C=N–C) groups is 1. The molecular formula is C25H22N4O3. The van der Waals surface area contributed by atoms with Gasteiger partial charge in [-0.3, -0.25) is 4.99 Å². The number of nitrogens with zero attached hydrogens (tertiary/aromatic N) is 2. The van der Waals surface area contributed by atoms with E-state index in [0.717, 1.165) is 32.8 Å². The lowest BCUT2D eigenvalue weighted by Gasteiger charge is -2.05. The number of carbonyl (C=O) groups is 1. The minimum Gasteiger partial charge on any atom is -0.465 e. The molecule has 7 heteroatoms. The number of carbonyl (C=O) groups excluding carboxylic acids is 1. The molecule has 0 spiro atoms. The summed E-state index contributed by atoms with van der Waals surface area (Å²) in [6.07, 6.45) is 0. The highest BCUT2D eigenvalue weighted by atomic mass is 16.5. The SMILES string of the molecule is COC(=O)c1cc2oc(-c3nc4ccc(C(N)=NC(C)C)cc4[nH]3)cc2c2ccccc12. The molecule has 0 amide bonds. The predicted molar refractivity (Wildman–Crippen MR) is 126 cm³/mol. The van der Waals surface area contributed by atoms with Crippen molar-refractivity contribution in [2.24, 2.45) is 10.7 Å². The standard InChI is InChI=1S/C25H22N4O3/c1-13(2)27-23(26)14-8-9-19-20(10-14)29-24(28-19)22-11-17-15-6-4-5-7-16(15)18(25(30)31-3)12-21(17)32-22/h4-13H,1-3H3,(H2,26,27)(H,28,29). The summed E-state index contributed by atoms with van der Waals surface area (Å²) in [6, 6.07) is 17.2. The van der Waals surface area contributed by atoms with Gasteiger partial charge in [0, 0.05) is 17.0 Å². The van der Waals surface area contributed by atoms with Gasteiger partial charge >= 0.3 is 5.97 Å². The Bertz CT molecular complexity index is 1520. The van der Waals surface area contributed by atoms with Crippen LogP contribution in [0.2, 0.25) is 0 Å². The van der Waals surface area contributed by atoms with Crippen molar-refractivity contribution in [1.82, 2.24) is 9.97 Å². The van der Waals surface area contributed by atoms with Gasteiger partial charge in [0.05, 0.1) is 23.7 Å². The van der Waals surface area contributed by atoms with Crippen LogP contribution in [0.4, 0.5) is 0 Å². The van der Waals surface area contributed by atoms with Crippen LogP contribution in [0.25, 0.3) is 44.4 Å². The van der Waals surface area contributed by atoms with Gasteiger partial charge in [-0.25, -0.2) is 9.78 Å². The minimum atomic E-state index is -0.405. The highest BCUT2D eigenvalue weighted by Gasteiger charge is 2.18. The maximum Gasteiger partial charge on any atom is 0.338 e. The van der Waals surface area contributed by atoms with Crippen LogP contribution in [0.15, 0.2) is 64.0 Å². The van der Waals surface area contributed by atoms with E-state index in [1.165, 1.54) is 7.11 Å². The second kappa shape index (κ2) is 7.53. The summed E-state index contributed by atoms with van der Waals surface area (Å²) < 4.78 is 11.1. The molecule has 3 N–H and O–H groups in total. The highest BCUT2D eigenvalue weighted by Crippen LogP contribution is 2.34. The fourth-order valence-electron chi connectivity index (χ4n) is 3.92. The number of fused-ring (bicyclic) bond motifs is 4. The first-order valence-electron chi connectivity index (χ1n) is 10.3. The number of furan rings is 1. The summed E-state index contributed by atoms with van der Waals surface area (Å²) in [4.78, 5) is 24.7. The van der Waals surface area contributed by atoms with Crippen molar-refractivity contribution < 1.29 is 13.9 Å². The van der Waals surface area contributed by atoms with E-state index < -0.39 is 5.97 Å². The molecule has 32 heavy (non-hydrogen) atoms. The zero-order valence-electron chi connectivity index (χ0n) is 18.0. The van der Waals surface area contributed by atoms with Crippen LogP contribution in [0.1, 0.15) is 29.8 Å². The lowest BCUT2D eigenvalue weighted by atomic mass is 10.0. The van der Waals surface area contributed by atoms with Crippen LogP contribution in [-0.4, -0.2) is 34.9 Å². The molecule has 0 bridgehead atoms. The van der Waals surface area contributed by atoms with E-state index in [9.17, 15) is 4.79 Å². The molecule has 0 saturated carbocycles. The Balaban J connectivity index is 1.65. The van der Waals surface area contributed by atoms with Crippen molar-refractivity contribution in [2.75, 3.05) is 7.11 Å². The Hall–Kier alpha value is -4.13. The van der Waals surface area contributed by atoms with E-state index in [4.69, 9.17) is 14.9 Å². The quantitative estimate of drug-likeness (QED) is 0.238. The number of methoxy groups -OCH3 is 1. The molecule has 0 fully saturated rings. The van der Waals surface area contributed by atoms with Crippen molar-refractivity contribution in [3.63, 3.8) is 0 Å². The molecule has 2 aromatic heterocycles. The number of esters is 1. The second-order valence-corrected chi connectivity index (χ2v) is 7.91. The molecule has 0 unspecified atom stereocenters. The number of imidazole rings is 1. The molecule has 0 radical (unpaired) electrons. The van der Waals surface area contributed by atoms with Gasteiger partial charge in [0.2, 0.25) is 0 Å². The fourth-order valence-corrected chi connectivity index (χ4v) is 3.92. The average molecular weight is 426 g/mol. The maximum absolute atomic E-state index is 12.3. The zero-order valence-corrected chi connectivity index (χ0v) is 18.0. The number of aromatic amines is 1. The van der Waals surface area contributed by atoms with E-state index >= 15 is 0 Å². The van der Waals surface area contributed by atoms with Crippen LogP contribution in [-0.2, 0) is 4.74 Å². The molecule has 3 aromatic carbocycles. The van der Waals surface area contributed by atoms with Crippen LogP contribution < -0.4 is 5.73 Å². The summed E-state index contributed by atoms with van der Waals surface area (Å²) in [6.45, 7) is 3.97. The van der Waals surface area contributed by atoms with Crippen LogP contribution in [0.3, 0.4) is 0 Å². The number of rotatable bonds is 4. The molecular weight excluding hydrogens is 404 g/mol. The molecule has 2 heterocycles. The summed E-state index contributed by atoms with van der Waals surface area (Å²) in [7, 11) is 1.37. The largest absolute Gasteiger partial charge is 0.465 e. The topological polar surface area (TPSA) is 106 Å². The highest BCUT2D eigenvalue weighted by molar-refractivity contribution is 6.15. The number of nitrogens with one attached hydrogen (secondary N) is 1. The average Bonchev–Trinajstić information content (AvgIpc) is 3.41. The first-order valence-corrected chi connectivity index (χ1v) is 10.3. The second-order valence-electron chi connectivity index (χ2n) is 7.91. The summed E-state index contributed by atoms with van der Waals surface area (Å²) in [5, 5.41) is 2.63. The number of hydrogen-bond acceptors (Lipinski definition) is 5. The third-order valence-electron chi connectivity index (χ3n) is 5.36.